The predicted octanol–water partition coefficient (Wildman–Crippen LogP) is 3.46. The maximum atomic E-state index is 6.34. The molecule has 0 radical (unpaired) electrons. The summed E-state index contributed by atoms with van der Waals surface area (Å²) in [5.74, 6) is 0. The molecule has 2 rings (SSSR count). The fourth-order valence-corrected chi connectivity index (χ4v) is 3.07. The minimum Gasteiger partial charge on any atom is -0.367 e. The molecule has 1 aromatic carbocycles. The van der Waals surface area contributed by atoms with Crippen LogP contribution < -0.4 is 10.2 Å². The van der Waals surface area contributed by atoms with Crippen molar-refractivity contribution >= 4 is 28.6 Å². The number of para-hydroxylation sites is 1. The molecule has 1 N–H and O–H groups in total. The van der Waals surface area contributed by atoms with Gasteiger partial charge in [0.2, 0.25) is 0 Å². The second-order valence-electron chi connectivity index (χ2n) is 4.49. The van der Waals surface area contributed by atoms with Gasteiger partial charge in [-0.25, -0.2) is 4.98 Å². The minimum absolute atomic E-state index is 0.769. The summed E-state index contributed by atoms with van der Waals surface area (Å²) < 4.78 is 0. The topological polar surface area (TPSA) is 28.2 Å². The molecule has 0 saturated heterocycles. The van der Waals surface area contributed by atoms with Gasteiger partial charge in [0.25, 0.3) is 0 Å². The van der Waals surface area contributed by atoms with E-state index in [0.29, 0.717) is 0 Å². The van der Waals surface area contributed by atoms with Crippen LogP contribution in [0.5, 0.6) is 0 Å². The van der Waals surface area contributed by atoms with E-state index in [1.165, 1.54) is 5.56 Å². The second-order valence-corrected chi connectivity index (χ2v) is 5.96. The van der Waals surface area contributed by atoms with Crippen molar-refractivity contribution in [2.45, 2.75) is 20.0 Å². The van der Waals surface area contributed by atoms with E-state index in [1.807, 2.05) is 26.1 Å². The summed E-state index contributed by atoms with van der Waals surface area (Å²) in [7, 11) is 3.99. The molecule has 0 aliphatic rings. The van der Waals surface area contributed by atoms with Crippen molar-refractivity contribution < 1.29 is 0 Å². The highest BCUT2D eigenvalue weighted by Gasteiger charge is 2.12. The van der Waals surface area contributed by atoms with Crippen LogP contribution in [0.3, 0.4) is 0 Å². The average Bonchev–Trinajstić information content (AvgIpc) is 2.75. The zero-order valence-corrected chi connectivity index (χ0v) is 13.0. The Morgan fingerprint density at radius 1 is 1.42 bits per heavy atom. The van der Waals surface area contributed by atoms with E-state index >= 15 is 0 Å². The van der Waals surface area contributed by atoms with E-state index in [9.17, 15) is 0 Å². The lowest BCUT2D eigenvalue weighted by molar-refractivity contribution is 0.802. The quantitative estimate of drug-likeness (QED) is 0.915. The third kappa shape index (κ3) is 3.47. The van der Waals surface area contributed by atoms with Crippen LogP contribution in [-0.2, 0) is 13.1 Å². The highest BCUT2D eigenvalue weighted by Crippen LogP contribution is 2.30. The number of anilines is 1. The summed E-state index contributed by atoms with van der Waals surface area (Å²) in [5.41, 5.74) is 3.36. The maximum absolute atomic E-state index is 6.34. The van der Waals surface area contributed by atoms with Gasteiger partial charge in [0.1, 0.15) is 0 Å². The van der Waals surface area contributed by atoms with Crippen LogP contribution in [0.2, 0.25) is 5.02 Å². The molecular weight excluding hydrogens is 278 g/mol. The van der Waals surface area contributed by atoms with Crippen molar-refractivity contribution in [1.29, 1.82) is 0 Å². The summed E-state index contributed by atoms with van der Waals surface area (Å²) in [6, 6.07) is 6.01. The fourth-order valence-electron chi connectivity index (χ4n) is 2.12. The van der Waals surface area contributed by atoms with Crippen molar-refractivity contribution in [3.05, 3.63) is 44.9 Å². The molecular formula is C14H18ClN3S. The smallest absolute Gasteiger partial charge is 0.0898 e. The third-order valence-electron chi connectivity index (χ3n) is 2.89. The first-order valence-electron chi connectivity index (χ1n) is 6.16. The van der Waals surface area contributed by atoms with Gasteiger partial charge in [-0.05, 0) is 25.6 Å². The summed E-state index contributed by atoms with van der Waals surface area (Å²) in [5, 5.41) is 7.15. The number of benzene rings is 1. The molecule has 0 atom stereocenters. The molecule has 3 nitrogen and oxygen atoms in total. The third-order valence-corrected chi connectivity index (χ3v) is 4.01. The van der Waals surface area contributed by atoms with Crippen LogP contribution in [-0.4, -0.2) is 19.1 Å². The molecule has 19 heavy (non-hydrogen) atoms. The van der Waals surface area contributed by atoms with Gasteiger partial charge in [-0.1, -0.05) is 23.7 Å². The van der Waals surface area contributed by atoms with Gasteiger partial charge in [-0.2, -0.15) is 0 Å². The highest BCUT2D eigenvalue weighted by molar-refractivity contribution is 7.09. The van der Waals surface area contributed by atoms with E-state index in [2.05, 4.69) is 33.7 Å². The monoisotopic (exact) mass is 295 g/mol. The summed E-state index contributed by atoms with van der Waals surface area (Å²) in [6.45, 7) is 3.59. The second kappa shape index (κ2) is 6.37. The fraction of sp³-hybridized carbons (Fsp3) is 0.357. The number of nitrogens with zero attached hydrogens (tertiary/aromatic N) is 2. The lowest BCUT2D eigenvalue weighted by Gasteiger charge is -2.23. The molecule has 0 spiro atoms. The Labute approximate surface area is 123 Å². The average molecular weight is 296 g/mol. The lowest BCUT2D eigenvalue weighted by atomic mass is 10.1. The van der Waals surface area contributed by atoms with E-state index in [0.717, 1.165) is 34.5 Å². The normalized spacial score (nSPS) is 10.7. The number of aryl methyl sites for hydroxylation is 1. The molecule has 0 amide bonds. The van der Waals surface area contributed by atoms with Crippen LogP contribution in [0.4, 0.5) is 5.69 Å². The maximum Gasteiger partial charge on any atom is 0.0898 e. The number of rotatable bonds is 5. The number of nitrogens with one attached hydrogen (secondary N) is 1. The van der Waals surface area contributed by atoms with Crippen LogP contribution in [0.15, 0.2) is 23.6 Å². The van der Waals surface area contributed by atoms with Crippen LogP contribution >= 0.6 is 22.9 Å². The van der Waals surface area contributed by atoms with Crippen LogP contribution in [0, 0.1) is 6.92 Å². The Hall–Kier alpha value is -1.10. The van der Waals surface area contributed by atoms with Gasteiger partial charge in [-0.15, -0.1) is 11.3 Å². The van der Waals surface area contributed by atoms with Crippen LogP contribution in [0.25, 0.3) is 0 Å². The van der Waals surface area contributed by atoms with Crippen molar-refractivity contribution in [2.24, 2.45) is 0 Å². The molecule has 102 valence electrons. The largest absolute Gasteiger partial charge is 0.367 e. The van der Waals surface area contributed by atoms with E-state index in [1.54, 1.807) is 11.3 Å². The first kappa shape index (κ1) is 14.3. The molecule has 0 bridgehead atoms. The van der Waals surface area contributed by atoms with Gasteiger partial charge < -0.3 is 10.2 Å². The number of hydrogen-bond donors (Lipinski definition) is 1. The van der Waals surface area contributed by atoms with Crippen molar-refractivity contribution in [3.63, 3.8) is 0 Å². The van der Waals surface area contributed by atoms with Gasteiger partial charge in [0.05, 0.1) is 28.0 Å². The van der Waals surface area contributed by atoms with E-state index in [-0.39, 0.29) is 0 Å². The molecule has 0 saturated carbocycles. The molecule has 1 heterocycles. The van der Waals surface area contributed by atoms with E-state index < -0.39 is 0 Å². The molecule has 0 aliphatic carbocycles. The molecule has 5 heteroatoms. The number of thiazole rings is 1. The molecule has 1 aromatic heterocycles. The first-order chi connectivity index (χ1) is 9.11. The zero-order chi connectivity index (χ0) is 13.8. The molecule has 0 unspecified atom stereocenters. The predicted molar refractivity (Wildman–Crippen MR) is 83.2 cm³/mol. The Morgan fingerprint density at radius 2 is 2.21 bits per heavy atom. The number of aromatic nitrogens is 1. The number of hydrogen-bond acceptors (Lipinski definition) is 4. The first-order valence-corrected chi connectivity index (χ1v) is 7.41. The van der Waals surface area contributed by atoms with Crippen molar-refractivity contribution in [1.82, 2.24) is 10.3 Å². The molecule has 0 fully saturated rings. The standard InChI is InChI=1S/C14H18ClN3S/c1-10-17-12(9-19-10)8-18(3)14-11(7-16-2)5-4-6-13(14)15/h4-6,9,16H,7-8H2,1-3H3. The van der Waals surface area contributed by atoms with Gasteiger partial charge in [-0.3, -0.25) is 0 Å². The van der Waals surface area contributed by atoms with Crippen molar-refractivity contribution in [3.8, 4) is 0 Å². The number of halogens is 1. The summed E-state index contributed by atoms with van der Waals surface area (Å²) in [4.78, 5) is 6.66. The molecule has 2 aromatic rings. The summed E-state index contributed by atoms with van der Waals surface area (Å²) >= 11 is 8.02. The van der Waals surface area contributed by atoms with E-state index in [4.69, 9.17) is 11.6 Å². The van der Waals surface area contributed by atoms with Crippen LogP contribution in [0.1, 0.15) is 16.3 Å². The highest BCUT2D eigenvalue weighted by atomic mass is 35.5. The Balaban J connectivity index is 2.24. The van der Waals surface area contributed by atoms with Gasteiger partial charge in [0.15, 0.2) is 0 Å². The Kier molecular flexibility index (Phi) is 4.80. The Morgan fingerprint density at radius 3 is 2.84 bits per heavy atom. The Bertz CT molecular complexity index is 553. The minimum atomic E-state index is 0.769. The molecule has 0 aliphatic heterocycles. The van der Waals surface area contributed by atoms with Gasteiger partial charge >= 0.3 is 0 Å². The summed E-state index contributed by atoms with van der Waals surface area (Å²) in [6.07, 6.45) is 0. The SMILES string of the molecule is CNCc1cccc(Cl)c1N(C)Cc1csc(C)n1. The van der Waals surface area contributed by atoms with Gasteiger partial charge in [0, 0.05) is 19.0 Å². The zero-order valence-electron chi connectivity index (χ0n) is 11.4. The lowest BCUT2D eigenvalue weighted by Crippen LogP contribution is -2.20. The van der Waals surface area contributed by atoms with Crippen molar-refractivity contribution in [2.75, 3.05) is 19.0 Å².